The van der Waals surface area contributed by atoms with E-state index in [4.69, 9.17) is 37.9 Å². The van der Waals surface area contributed by atoms with Crippen LogP contribution in [0.4, 0.5) is 0 Å². The Morgan fingerprint density at radius 3 is 1.62 bits per heavy atom. The summed E-state index contributed by atoms with van der Waals surface area (Å²) >= 11 is 0. The second-order valence-corrected chi connectivity index (χ2v) is 17.3. The summed E-state index contributed by atoms with van der Waals surface area (Å²) < 4.78 is 48.2. The molecule has 0 saturated carbocycles. The standard InChI is InChI=1S/C37H56O13/c1-19-17-22(45-20(2)38)21-15-16-43-28(24(19)21)50-29-27(49-33(42)37(12,13)14)26(48-32(41)36(9,10)11)25(47-31(40)35(6,7)8)23(46-29)18-44-30(39)34(3,4)5/h15-17,21-29H,18H2,1-14H3/t21-,22+,23+,24+,25+,26-,27+,28-,29-/m0/s1. The van der Waals surface area contributed by atoms with E-state index in [1.165, 1.54) is 13.2 Å². The molecule has 0 aromatic rings. The highest BCUT2D eigenvalue weighted by molar-refractivity contribution is 5.78. The van der Waals surface area contributed by atoms with Gasteiger partial charge in [0.1, 0.15) is 18.8 Å². The first kappa shape index (κ1) is 41.0. The molecule has 0 spiro atoms. The van der Waals surface area contributed by atoms with Crippen LogP contribution in [-0.4, -0.2) is 79.6 Å². The van der Waals surface area contributed by atoms with Gasteiger partial charge in [-0.3, -0.25) is 24.0 Å². The van der Waals surface area contributed by atoms with Gasteiger partial charge in [0, 0.05) is 12.8 Å². The van der Waals surface area contributed by atoms with E-state index in [1.54, 1.807) is 89.2 Å². The molecule has 0 bridgehead atoms. The van der Waals surface area contributed by atoms with E-state index in [2.05, 4.69) is 0 Å². The summed E-state index contributed by atoms with van der Waals surface area (Å²) in [5, 5.41) is 0. The summed E-state index contributed by atoms with van der Waals surface area (Å²) in [5.74, 6) is -3.82. The predicted octanol–water partition coefficient (Wildman–Crippen LogP) is 5.18. The summed E-state index contributed by atoms with van der Waals surface area (Å²) in [7, 11) is 0. The van der Waals surface area contributed by atoms with Gasteiger partial charge >= 0.3 is 29.8 Å². The maximum absolute atomic E-state index is 13.6. The molecule has 282 valence electrons. The molecule has 0 radical (unpaired) electrons. The Hall–Kier alpha value is -3.45. The van der Waals surface area contributed by atoms with E-state index in [1.807, 2.05) is 13.0 Å². The van der Waals surface area contributed by atoms with E-state index in [0.29, 0.717) is 0 Å². The number of rotatable bonds is 8. The van der Waals surface area contributed by atoms with Crippen LogP contribution in [0.2, 0.25) is 0 Å². The quantitative estimate of drug-likeness (QED) is 0.185. The van der Waals surface area contributed by atoms with Crippen LogP contribution < -0.4 is 0 Å². The topological polar surface area (TPSA) is 159 Å². The number of carbonyl (C=O) groups is 5. The smallest absolute Gasteiger partial charge is 0.311 e. The van der Waals surface area contributed by atoms with Crippen molar-refractivity contribution in [2.24, 2.45) is 33.5 Å². The van der Waals surface area contributed by atoms with Crippen molar-refractivity contribution in [1.82, 2.24) is 0 Å². The minimum atomic E-state index is -1.49. The predicted molar refractivity (Wildman–Crippen MR) is 178 cm³/mol. The van der Waals surface area contributed by atoms with Crippen molar-refractivity contribution in [2.75, 3.05) is 6.61 Å². The van der Waals surface area contributed by atoms with Crippen LogP contribution in [-0.2, 0) is 61.9 Å². The van der Waals surface area contributed by atoms with Crippen molar-refractivity contribution in [1.29, 1.82) is 0 Å². The van der Waals surface area contributed by atoms with Gasteiger partial charge in [-0.05, 0) is 102 Å². The van der Waals surface area contributed by atoms with Gasteiger partial charge in [0.05, 0.1) is 33.8 Å². The highest BCUT2D eigenvalue weighted by Crippen LogP contribution is 2.43. The van der Waals surface area contributed by atoms with Gasteiger partial charge in [-0.25, -0.2) is 0 Å². The van der Waals surface area contributed by atoms with Gasteiger partial charge in [-0.1, -0.05) is 5.57 Å². The van der Waals surface area contributed by atoms with Crippen molar-refractivity contribution in [2.45, 2.75) is 140 Å². The Balaban J connectivity index is 2.15. The van der Waals surface area contributed by atoms with E-state index in [-0.39, 0.29) is 5.92 Å². The van der Waals surface area contributed by atoms with Crippen LogP contribution in [0, 0.1) is 33.5 Å². The fourth-order valence-corrected chi connectivity index (χ4v) is 5.27. The van der Waals surface area contributed by atoms with Gasteiger partial charge in [-0.15, -0.1) is 0 Å². The molecule has 3 rings (SSSR count). The molecule has 13 heteroatoms. The maximum atomic E-state index is 13.6. The lowest BCUT2D eigenvalue weighted by atomic mass is 9.88. The molecule has 1 aliphatic carbocycles. The Morgan fingerprint density at radius 1 is 0.660 bits per heavy atom. The molecular formula is C37H56O13. The zero-order chi connectivity index (χ0) is 38.1. The lowest BCUT2D eigenvalue weighted by molar-refractivity contribution is -0.344. The van der Waals surface area contributed by atoms with Crippen molar-refractivity contribution in [3.63, 3.8) is 0 Å². The second-order valence-electron chi connectivity index (χ2n) is 17.3. The number of fused-ring (bicyclic) bond motifs is 1. The normalized spacial score (nSPS) is 29.9. The Labute approximate surface area is 295 Å². The van der Waals surface area contributed by atoms with Crippen LogP contribution in [0.1, 0.15) is 96.9 Å². The Bertz CT molecular complexity index is 1350. The minimum Gasteiger partial charge on any atom is -0.472 e. The SMILES string of the molecule is CC(=O)O[C@@H]1C=C(C)[C@H]2[C@H](O[C@@H]3O[C@H](COC(=O)C(C)(C)C)[C@@H](OC(=O)C(C)(C)C)[C@H](OC(=O)C(C)(C)C)[C@H]3OC(=O)C(C)(C)C)OC=C[C@H]21. The van der Waals surface area contributed by atoms with Gasteiger partial charge in [-0.2, -0.15) is 0 Å². The van der Waals surface area contributed by atoms with E-state index >= 15 is 0 Å². The third-order valence-electron chi connectivity index (χ3n) is 8.27. The molecule has 0 aromatic heterocycles. The van der Waals surface area contributed by atoms with Gasteiger partial charge in [0.25, 0.3) is 0 Å². The van der Waals surface area contributed by atoms with Crippen molar-refractivity contribution in [3.8, 4) is 0 Å². The second kappa shape index (κ2) is 15.0. The molecule has 0 unspecified atom stereocenters. The first-order valence-corrected chi connectivity index (χ1v) is 17.0. The summed E-state index contributed by atoms with van der Waals surface area (Å²) in [4.78, 5) is 65.3. The molecule has 0 N–H and O–H groups in total. The number of esters is 5. The molecule has 1 saturated heterocycles. The highest BCUT2D eigenvalue weighted by Gasteiger charge is 2.57. The van der Waals surface area contributed by atoms with Crippen molar-refractivity contribution >= 4 is 29.8 Å². The van der Waals surface area contributed by atoms with E-state index in [9.17, 15) is 24.0 Å². The van der Waals surface area contributed by atoms with Crippen LogP contribution in [0.5, 0.6) is 0 Å². The molecule has 9 atom stereocenters. The van der Waals surface area contributed by atoms with Crippen molar-refractivity contribution in [3.05, 3.63) is 24.0 Å². The lowest BCUT2D eigenvalue weighted by Crippen LogP contribution is -2.65. The molecule has 0 amide bonds. The van der Waals surface area contributed by atoms with Crippen LogP contribution in [0.15, 0.2) is 24.0 Å². The Morgan fingerprint density at radius 2 is 1.14 bits per heavy atom. The third-order valence-corrected chi connectivity index (χ3v) is 8.27. The lowest BCUT2D eigenvalue weighted by Gasteiger charge is -2.47. The molecule has 1 fully saturated rings. The zero-order valence-electron chi connectivity index (χ0n) is 31.9. The molecule has 50 heavy (non-hydrogen) atoms. The molecule has 13 nitrogen and oxygen atoms in total. The molecule has 3 aliphatic rings. The number of carbonyl (C=O) groups excluding carboxylic acids is 5. The number of hydrogen-bond acceptors (Lipinski definition) is 13. The molecule has 2 heterocycles. The fraction of sp³-hybridized carbons (Fsp3) is 0.757. The van der Waals surface area contributed by atoms with E-state index < -0.39 is 107 Å². The number of ether oxygens (including phenoxy) is 8. The van der Waals surface area contributed by atoms with Gasteiger partial charge in [0.15, 0.2) is 18.3 Å². The van der Waals surface area contributed by atoms with Gasteiger partial charge < -0.3 is 37.9 Å². The summed E-state index contributed by atoms with van der Waals surface area (Å²) in [6.07, 6.45) is -3.69. The average molecular weight is 709 g/mol. The summed E-state index contributed by atoms with van der Waals surface area (Å²) in [5.41, 5.74) is -3.11. The maximum Gasteiger partial charge on any atom is 0.311 e. The minimum absolute atomic E-state index is 0.338. The van der Waals surface area contributed by atoms with E-state index in [0.717, 1.165) is 5.57 Å². The summed E-state index contributed by atoms with van der Waals surface area (Å²) in [6.45, 7) is 22.6. The number of hydrogen-bond donors (Lipinski definition) is 0. The van der Waals surface area contributed by atoms with Crippen LogP contribution in [0.25, 0.3) is 0 Å². The summed E-state index contributed by atoms with van der Waals surface area (Å²) in [6, 6.07) is 0. The highest BCUT2D eigenvalue weighted by atomic mass is 16.8. The van der Waals surface area contributed by atoms with Crippen LogP contribution in [0.3, 0.4) is 0 Å². The Kier molecular flexibility index (Phi) is 12.3. The fourth-order valence-electron chi connectivity index (χ4n) is 5.27. The van der Waals surface area contributed by atoms with Gasteiger partial charge in [0.2, 0.25) is 12.6 Å². The van der Waals surface area contributed by atoms with Crippen LogP contribution >= 0.6 is 0 Å². The van der Waals surface area contributed by atoms with Crippen molar-refractivity contribution < 1.29 is 61.9 Å². The molecular weight excluding hydrogens is 652 g/mol. The monoisotopic (exact) mass is 708 g/mol. The molecule has 2 aliphatic heterocycles. The average Bonchev–Trinajstić information content (AvgIpc) is 3.27. The first-order valence-electron chi connectivity index (χ1n) is 17.0. The molecule has 0 aromatic carbocycles. The zero-order valence-corrected chi connectivity index (χ0v) is 31.9. The largest absolute Gasteiger partial charge is 0.472 e. The third kappa shape index (κ3) is 10.1. The first-order chi connectivity index (χ1) is 22.7.